The number of nitrogens with one attached hydrogen (secondary N) is 3. The molecule has 5 amide bonds. The largest absolute Gasteiger partial charge is 0.647 e. The van der Waals surface area contributed by atoms with E-state index in [0.717, 1.165) is 17.5 Å². The number of phosphoric acid groups is 1. The fourth-order valence-corrected chi connectivity index (χ4v) is 9.00. The lowest BCUT2D eigenvalue weighted by atomic mass is 9.98. The van der Waals surface area contributed by atoms with Crippen molar-refractivity contribution in [2.75, 3.05) is 14.1 Å². The maximum Gasteiger partial charge on any atom is 0.647 e. The molecule has 15 nitrogen and oxygen atoms in total. The van der Waals surface area contributed by atoms with Crippen LogP contribution >= 0.6 is 7.82 Å². The maximum absolute atomic E-state index is 14.4. The van der Waals surface area contributed by atoms with Gasteiger partial charge in [-0.15, -0.1) is 0 Å². The number of nitrogens with two attached hydrogens (primary N) is 1. The molecule has 0 spiro atoms. The van der Waals surface area contributed by atoms with Crippen molar-refractivity contribution in [1.29, 1.82) is 0 Å². The lowest BCUT2D eigenvalue weighted by Crippen LogP contribution is -2.59. The first-order chi connectivity index (χ1) is 29.9. The van der Waals surface area contributed by atoms with Crippen LogP contribution in [0, 0.1) is 0 Å². The molecule has 0 bridgehead atoms. The van der Waals surface area contributed by atoms with Gasteiger partial charge in [0.1, 0.15) is 35.4 Å². The molecule has 4 aromatic carbocycles. The van der Waals surface area contributed by atoms with Crippen LogP contribution in [0.25, 0.3) is 0 Å². The normalized spacial score (nSPS) is 18.6. The molecular weight excluding hydrogens is 812 g/mol. The molecule has 5 atom stereocenters. The number of carbonyl (C=O) groups excluding carboxylic acids is 5. The second-order valence-corrected chi connectivity index (χ2v) is 17.2. The van der Waals surface area contributed by atoms with Gasteiger partial charge in [0, 0.05) is 19.0 Å². The Bertz CT molecular complexity index is 2130. The van der Waals surface area contributed by atoms with Gasteiger partial charge >= 0.3 is 7.82 Å². The molecular formula is C46H55N6O9P. The zero-order valence-electron chi connectivity index (χ0n) is 35.0. The van der Waals surface area contributed by atoms with Crippen LogP contribution in [0.5, 0.6) is 17.2 Å². The van der Waals surface area contributed by atoms with Crippen molar-refractivity contribution in [3.05, 3.63) is 126 Å². The molecule has 0 aromatic heterocycles. The van der Waals surface area contributed by atoms with E-state index in [4.69, 9.17) is 19.3 Å². The molecule has 2 saturated heterocycles. The van der Waals surface area contributed by atoms with Crippen LogP contribution in [0.2, 0.25) is 0 Å². The molecule has 6 rings (SSSR count). The van der Waals surface area contributed by atoms with E-state index < -0.39 is 49.7 Å². The van der Waals surface area contributed by atoms with Crippen LogP contribution < -0.4 is 35.3 Å². The van der Waals surface area contributed by atoms with Gasteiger partial charge in [-0.25, -0.2) is 0 Å². The highest BCUT2D eigenvalue weighted by molar-refractivity contribution is 7.49. The summed E-state index contributed by atoms with van der Waals surface area (Å²) in [4.78, 5) is 70.7. The summed E-state index contributed by atoms with van der Waals surface area (Å²) < 4.78 is 31.3. The van der Waals surface area contributed by atoms with Crippen molar-refractivity contribution in [2.24, 2.45) is 5.73 Å². The van der Waals surface area contributed by atoms with Crippen molar-refractivity contribution >= 4 is 37.4 Å². The summed E-state index contributed by atoms with van der Waals surface area (Å²) in [6.45, 7) is 0.228. The average Bonchev–Trinajstić information content (AvgIpc) is 3.68. The number of nitrogens with zero attached hydrogens (tertiary/aromatic N) is 2. The van der Waals surface area contributed by atoms with Crippen LogP contribution in [0.3, 0.4) is 0 Å². The Hall–Kier alpha value is -6.18. The molecule has 0 radical (unpaired) electrons. The summed E-state index contributed by atoms with van der Waals surface area (Å²) in [6.07, 6.45) is 3.78. The molecule has 2 heterocycles. The van der Waals surface area contributed by atoms with Crippen LogP contribution in [0.4, 0.5) is 0 Å². The molecule has 2 aliphatic rings. The van der Waals surface area contributed by atoms with Gasteiger partial charge in [-0.3, -0.25) is 28.9 Å². The number of primary amides is 1. The van der Waals surface area contributed by atoms with E-state index >= 15 is 0 Å². The first-order valence-electron chi connectivity index (χ1n) is 20.9. The van der Waals surface area contributed by atoms with Gasteiger partial charge < -0.3 is 40.2 Å². The van der Waals surface area contributed by atoms with Crippen LogP contribution in [-0.4, -0.2) is 83.6 Å². The Morgan fingerprint density at radius 2 is 1.31 bits per heavy atom. The lowest BCUT2D eigenvalue weighted by Gasteiger charge is -2.36. The van der Waals surface area contributed by atoms with E-state index in [1.54, 1.807) is 109 Å². The summed E-state index contributed by atoms with van der Waals surface area (Å²) in [6, 6.07) is 29.5. The summed E-state index contributed by atoms with van der Waals surface area (Å²) in [5, 5.41) is 8.65. The number of carbonyl (C=O) groups is 5. The SMILES string of the molecule is CN(C)[C@@H](Cc1ccc(OP(=O)(Oc2ccccc2)Oc2ccccc2)cc1)C(=O)N[C@H]1CCCC[C@H]2CC[C@@H](C(=O)N[C@@H](CCC(N)=O)C(=O)NCc3ccccc3)N2C1=O. The van der Waals surface area contributed by atoms with E-state index in [1.807, 2.05) is 30.3 Å². The second-order valence-electron chi connectivity index (χ2n) is 15.8. The predicted octanol–water partition coefficient (Wildman–Crippen LogP) is 5.29. The number of phosphoric ester groups is 1. The molecule has 0 aliphatic carbocycles. The Labute approximate surface area is 362 Å². The fourth-order valence-electron chi connectivity index (χ4n) is 7.75. The average molecular weight is 867 g/mol. The zero-order valence-corrected chi connectivity index (χ0v) is 35.9. The highest BCUT2D eigenvalue weighted by Gasteiger charge is 2.45. The third kappa shape index (κ3) is 12.7. The van der Waals surface area contributed by atoms with E-state index in [-0.39, 0.29) is 49.4 Å². The standard InChI is InChI=1S/C46H55N6O9P/c1-51(2)41(30-32-22-25-37(26-23-32)61-62(58,59-35-17-8-4-9-18-35)60-36-19-10-5-11-20-36)45(56)50-39-21-13-12-16-34-24-28-40(52(34)46(39)57)44(55)49-38(27-29-42(47)53)43(54)48-31-33-14-6-3-7-15-33/h3-11,14-15,17-20,22-23,25-26,34,38-41H,12-13,16,21,24,27-31H2,1-2H3,(H2,47,53)(H,48,54)(H,49,55)(H,50,56)/t34-,38-,39-,40-,41-/m0/s1. The summed E-state index contributed by atoms with van der Waals surface area (Å²) in [7, 11) is -0.653. The number of hydrogen-bond donors (Lipinski definition) is 4. The first-order valence-corrected chi connectivity index (χ1v) is 22.4. The third-order valence-corrected chi connectivity index (χ3v) is 12.3. The monoisotopic (exact) mass is 866 g/mol. The molecule has 328 valence electrons. The summed E-state index contributed by atoms with van der Waals surface area (Å²) >= 11 is 0. The smallest absolute Gasteiger partial charge is 0.386 e. The molecule has 2 fully saturated rings. The van der Waals surface area contributed by atoms with Crippen LogP contribution in [0.1, 0.15) is 62.5 Å². The molecule has 5 N–H and O–H groups in total. The Balaban J connectivity index is 1.11. The molecule has 0 unspecified atom stereocenters. The number of para-hydroxylation sites is 2. The molecule has 4 aromatic rings. The number of rotatable bonds is 19. The Morgan fingerprint density at radius 1 is 0.742 bits per heavy atom. The number of hydrogen-bond acceptors (Lipinski definition) is 10. The van der Waals surface area contributed by atoms with Gasteiger partial charge in [0.2, 0.25) is 29.5 Å². The highest BCUT2D eigenvalue weighted by Crippen LogP contribution is 2.49. The van der Waals surface area contributed by atoms with Crippen LogP contribution in [0.15, 0.2) is 115 Å². The fraction of sp³-hybridized carbons (Fsp3) is 0.370. The Morgan fingerprint density at radius 3 is 1.89 bits per heavy atom. The molecule has 62 heavy (non-hydrogen) atoms. The van der Waals surface area contributed by atoms with Gasteiger partial charge in [0.05, 0.1) is 6.04 Å². The van der Waals surface area contributed by atoms with E-state index in [1.165, 1.54) is 0 Å². The maximum atomic E-state index is 14.4. The van der Waals surface area contributed by atoms with Crippen molar-refractivity contribution < 1.29 is 42.1 Å². The number of benzene rings is 4. The molecule has 0 saturated carbocycles. The van der Waals surface area contributed by atoms with Crippen LogP contribution in [-0.2, 0) is 41.5 Å². The van der Waals surface area contributed by atoms with Gasteiger partial charge in [0.25, 0.3) is 0 Å². The van der Waals surface area contributed by atoms with Gasteiger partial charge in [-0.2, -0.15) is 4.57 Å². The first kappa shape index (κ1) is 45.3. The van der Waals surface area contributed by atoms with Crippen molar-refractivity contribution in [1.82, 2.24) is 25.8 Å². The third-order valence-electron chi connectivity index (χ3n) is 11.0. The summed E-state index contributed by atoms with van der Waals surface area (Å²) in [5.74, 6) is -1.44. The number of fused-ring (bicyclic) bond motifs is 1. The number of amides is 5. The van der Waals surface area contributed by atoms with Crippen molar-refractivity contribution in [3.8, 4) is 17.2 Å². The summed E-state index contributed by atoms with van der Waals surface area (Å²) in [5.41, 5.74) is 7.05. The van der Waals surface area contributed by atoms with E-state index in [9.17, 15) is 28.5 Å². The van der Waals surface area contributed by atoms with E-state index in [0.29, 0.717) is 43.6 Å². The molecule has 16 heteroatoms. The minimum Gasteiger partial charge on any atom is -0.386 e. The topological polar surface area (TPSA) is 199 Å². The predicted molar refractivity (Wildman–Crippen MR) is 233 cm³/mol. The quantitative estimate of drug-likeness (QED) is 0.0899. The minimum absolute atomic E-state index is 0.00169. The van der Waals surface area contributed by atoms with Gasteiger partial charge in [-0.1, -0.05) is 91.7 Å². The zero-order chi connectivity index (χ0) is 44.1. The lowest BCUT2D eigenvalue weighted by molar-refractivity contribution is -0.145. The highest BCUT2D eigenvalue weighted by atomic mass is 31.2. The van der Waals surface area contributed by atoms with Gasteiger partial charge in [-0.05, 0) is 100 Å². The van der Waals surface area contributed by atoms with Crippen molar-refractivity contribution in [3.63, 3.8) is 0 Å². The Kier molecular flexibility index (Phi) is 15.8. The molecule has 2 aliphatic heterocycles. The second kappa shape index (κ2) is 21.6. The van der Waals surface area contributed by atoms with E-state index in [2.05, 4.69) is 16.0 Å². The minimum atomic E-state index is -4.21. The number of likely N-dealkylation sites (N-methyl/N-ethyl adjacent to an activating group) is 1. The van der Waals surface area contributed by atoms with Crippen molar-refractivity contribution in [2.45, 2.75) is 94.5 Å². The van der Waals surface area contributed by atoms with Gasteiger partial charge in [0.15, 0.2) is 0 Å².